The van der Waals surface area contributed by atoms with Crippen LogP contribution in [0.4, 0.5) is 5.69 Å². The van der Waals surface area contributed by atoms with Crippen molar-refractivity contribution < 1.29 is 0 Å². The predicted molar refractivity (Wildman–Crippen MR) is 64.2 cm³/mol. The predicted octanol–water partition coefficient (Wildman–Crippen LogP) is 3.08. The molecule has 1 rings (SSSR count). The Labute approximate surface area is 92.1 Å². The molecule has 0 aromatic heterocycles. The Balaban J connectivity index is 3.06. The molecule has 0 N–H and O–H groups in total. The molecule has 0 aliphatic heterocycles. The molecule has 0 radical (unpaired) electrons. The summed E-state index contributed by atoms with van der Waals surface area (Å²) in [7, 11) is 1.95. The van der Waals surface area contributed by atoms with Crippen molar-refractivity contribution in [3.05, 3.63) is 29.3 Å². The zero-order valence-electron chi connectivity index (χ0n) is 9.91. The summed E-state index contributed by atoms with van der Waals surface area (Å²) in [5, 5.41) is 8.68. The highest BCUT2D eigenvalue weighted by Gasteiger charge is 2.07. The Morgan fingerprint density at radius 2 is 2.07 bits per heavy atom. The average Bonchev–Trinajstić information content (AvgIpc) is 2.18. The number of benzene rings is 1. The van der Waals surface area contributed by atoms with Gasteiger partial charge in [0.15, 0.2) is 0 Å². The van der Waals surface area contributed by atoms with E-state index in [4.69, 9.17) is 5.26 Å². The summed E-state index contributed by atoms with van der Waals surface area (Å²) < 4.78 is 0. The SMILES string of the molecule is Cc1ccc(C(C)C)cc1N(C)CC#N. The van der Waals surface area contributed by atoms with Crippen molar-refractivity contribution in [3.8, 4) is 6.07 Å². The summed E-state index contributed by atoms with van der Waals surface area (Å²) in [6, 6.07) is 8.63. The second-order valence-corrected chi connectivity index (χ2v) is 4.21. The van der Waals surface area contributed by atoms with Gasteiger partial charge >= 0.3 is 0 Å². The zero-order chi connectivity index (χ0) is 11.4. The molecule has 15 heavy (non-hydrogen) atoms. The number of hydrogen-bond donors (Lipinski definition) is 0. The van der Waals surface area contributed by atoms with Crippen LogP contribution in [0.1, 0.15) is 30.9 Å². The summed E-state index contributed by atoms with van der Waals surface area (Å²) >= 11 is 0. The molecule has 80 valence electrons. The van der Waals surface area contributed by atoms with Crippen LogP contribution in [0.15, 0.2) is 18.2 Å². The molecule has 0 atom stereocenters. The van der Waals surface area contributed by atoms with E-state index in [1.807, 2.05) is 11.9 Å². The minimum atomic E-state index is 0.433. The Hall–Kier alpha value is -1.49. The maximum atomic E-state index is 8.68. The quantitative estimate of drug-likeness (QED) is 0.704. The standard InChI is InChI=1S/C13H18N2/c1-10(2)12-6-5-11(3)13(9-12)15(4)8-7-14/h5-6,9-10H,8H2,1-4H3. The fourth-order valence-corrected chi connectivity index (χ4v) is 1.59. The normalized spacial score (nSPS) is 10.1. The van der Waals surface area contributed by atoms with Crippen molar-refractivity contribution >= 4 is 5.69 Å². The summed E-state index contributed by atoms with van der Waals surface area (Å²) in [4.78, 5) is 1.99. The Morgan fingerprint density at radius 3 is 2.60 bits per heavy atom. The molecule has 0 aliphatic carbocycles. The lowest BCUT2D eigenvalue weighted by atomic mass is 10.0. The lowest BCUT2D eigenvalue weighted by Gasteiger charge is -2.20. The molecule has 1 aromatic rings. The molecule has 0 fully saturated rings. The topological polar surface area (TPSA) is 27.0 Å². The fraction of sp³-hybridized carbons (Fsp3) is 0.462. The monoisotopic (exact) mass is 202 g/mol. The Bertz CT molecular complexity index is 375. The van der Waals surface area contributed by atoms with Crippen LogP contribution in [0.5, 0.6) is 0 Å². The molecule has 0 spiro atoms. The Kier molecular flexibility index (Phi) is 3.74. The van der Waals surface area contributed by atoms with E-state index in [2.05, 4.69) is 45.0 Å². The van der Waals surface area contributed by atoms with E-state index in [1.165, 1.54) is 11.1 Å². The number of nitriles is 1. The van der Waals surface area contributed by atoms with E-state index in [0.29, 0.717) is 12.5 Å². The first-order valence-electron chi connectivity index (χ1n) is 5.25. The molecule has 0 aliphatic rings. The van der Waals surface area contributed by atoms with Gasteiger partial charge in [-0.2, -0.15) is 5.26 Å². The lowest BCUT2D eigenvalue weighted by molar-refractivity contribution is 0.863. The molecule has 0 bridgehead atoms. The highest BCUT2D eigenvalue weighted by Crippen LogP contribution is 2.24. The van der Waals surface area contributed by atoms with Gasteiger partial charge in [-0.3, -0.25) is 0 Å². The van der Waals surface area contributed by atoms with E-state index in [1.54, 1.807) is 0 Å². The summed E-state index contributed by atoms with van der Waals surface area (Å²) in [5.41, 5.74) is 3.69. The number of nitrogens with zero attached hydrogens (tertiary/aromatic N) is 2. The van der Waals surface area contributed by atoms with Gasteiger partial charge in [-0.1, -0.05) is 26.0 Å². The van der Waals surface area contributed by atoms with Gasteiger partial charge in [0.1, 0.15) is 6.54 Å². The van der Waals surface area contributed by atoms with Crippen LogP contribution in [0, 0.1) is 18.3 Å². The first kappa shape index (κ1) is 11.6. The fourth-order valence-electron chi connectivity index (χ4n) is 1.59. The van der Waals surface area contributed by atoms with E-state index < -0.39 is 0 Å². The third-order valence-electron chi connectivity index (χ3n) is 2.62. The first-order chi connectivity index (χ1) is 7.06. The lowest BCUT2D eigenvalue weighted by Crippen LogP contribution is -2.18. The van der Waals surface area contributed by atoms with Gasteiger partial charge < -0.3 is 4.90 Å². The first-order valence-corrected chi connectivity index (χ1v) is 5.25. The van der Waals surface area contributed by atoms with Crippen molar-refractivity contribution in [3.63, 3.8) is 0 Å². The van der Waals surface area contributed by atoms with Crippen molar-refractivity contribution in [2.75, 3.05) is 18.5 Å². The molecule has 0 unspecified atom stereocenters. The van der Waals surface area contributed by atoms with Crippen LogP contribution < -0.4 is 4.90 Å². The maximum absolute atomic E-state index is 8.68. The van der Waals surface area contributed by atoms with Crippen molar-refractivity contribution in [2.24, 2.45) is 0 Å². The van der Waals surface area contributed by atoms with Gasteiger partial charge in [0.05, 0.1) is 6.07 Å². The van der Waals surface area contributed by atoms with Gasteiger partial charge in [-0.15, -0.1) is 0 Å². The zero-order valence-corrected chi connectivity index (χ0v) is 9.91. The van der Waals surface area contributed by atoms with Crippen LogP contribution in [0.3, 0.4) is 0 Å². The molecule has 2 nitrogen and oxygen atoms in total. The number of anilines is 1. The van der Waals surface area contributed by atoms with E-state index in [9.17, 15) is 0 Å². The molecular formula is C13H18N2. The average molecular weight is 202 g/mol. The highest BCUT2D eigenvalue weighted by molar-refractivity contribution is 5.55. The number of rotatable bonds is 3. The summed E-state index contributed by atoms with van der Waals surface area (Å²) in [6.45, 7) is 6.87. The highest BCUT2D eigenvalue weighted by atomic mass is 15.1. The summed E-state index contributed by atoms with van der Waals surface area (Å²) in [6.07, 6.45) is 0. The largest absolute Gasteiger partial charge is 0.361 e. The maximum Gasteiger partial charge on any atom is 0.105 e. The number of hydrogen-bond acceptors (Lipinski definition) is 2. The smallest absolute Gasteiger partial charge is 0.105 e. The second kappa shape index (κ2) is 4.84. The summed E-state index contributed by atoms with van der Waals surface area (Å²) in [5.74, 6) is 0.528. The van der Waals surface area contributed by atoms with Gasteiger partial charge in [-0.05, 0) is 30.0 Å². The minimum Gasteiger partial charge on any atom is -0.361 e. The van der Waals surface area contributed by atoms with E-state index in [0.717, 1.165) is 5.69 Å². The molecule has 0 amide bonds. The molecular weight excluding hydrogens is 184 g/mol. The van der Waals surface area contributed by atoms with Crippen LogP contribution in [0.25, 0.3) is 0 Å². The van der Waals surface area contributed by atoms with Gasteiger partial charge in [0, 0.05) is 12.7 Å². The molecule has 1 aromatic carbocycles. The number of aryl methyl sites for hydroxylation is 1. The minimum absolute atomic E-state index is 0.433. The van der Waals surface area contributed by atoms with Crippen molar-refractivity contribution in [2.45, 2.75) is 26.7 Å². The molecule has 0 saturated carbocycles. The van der Waals surface area contributed by atoms with Crippen LogP contribution in [-0.2, 0) is 0 Å². The van der Waals surface area contributed by atoms with Gasteiger partial charge in [0.2, 0.25) is 0 Å². The molecule has 0 saturated heterocycles. The molecule has 0 heterocycles. The second-order valence-electron chi connectivity index (χ2n) is 4.21. The van der Waals surface area contributed by atoms with Crippen molar-refractivity contribution in [1.82, 2.24) is 0 Å². The van der Waals surface area contributed by atoms with Crippen molar-refractivity contribution in [1.29, 1.82) is 5.26 Å². The van der Waals surface area contributed by atoms with E-state index in [-0.39, 0.29) is 0 Å². The van der Waals surface area contributed by atoms with Gasteiger partial charge in [0.25, 0.3) is 0 Å². The van der Waals surface area contributed by atoms with Gasteiger partial charge in [-0.25, -0.2) is 0 Å². The van der Waals surface area contributed by atoms with E-state index >= 15 is 0 Å². The molecule has 2 heteroatoms. The van der Waals surface area contributed by atoms with Crippen LogP contribution >= 0.6 is 0 Å². The third kappa shape index (κ3) is 2.73. The van der Waals surface area contributed by atoms with Crippen LogP contribution in [-0.4, -0.2) is 13.6 Å². The Morgan fingerprint density at radius 1 is 1.40 bits per heavy atom. The third-order valence-corrected chi connectivity index (χ3v) is 2.62. The van der Waals surface area contributed by atoms with Crippen LogP contribution in [0.2, 0.25) is 0 Å².